The van der Waals surface area contributed by atoms with E-state index in [2.05, 4.69) is 18.2 Å². The van der Waals surface area contributed by atoms with Crippen LogP contribution in [0.2, 0.25) is 0 Å². The summed E-state index contributed by atoms with van der Waals surface area (Å²) in [6, 6.07) is 10.2. The van der Waals surface area contributed by atoms with Gasteiger partial charge in [0.05, 0.1) is 6.10 Å². The molecule has 2 aliphatic rings. The maximum atomic E-state index is 10.3. The second-order valence-corrected chi connectivity index (χ2v) is 5.40. The highest BCUT2D eigenvalue weighted by Gasteiger charge is 2.43. The third-order valence-electron chi connectivity index (χ3n) is 4.20. The van der Waals surface area contributed by atoms with Crippen molar-refractivity contribution >= 4 is 5.76 Å². The fourth-order valence-electron chi connectivity index (χ4n) is 3.14. The van der Waals surface area contributed by atoms with Gasteiger partial charge in [-0.15, -0.1) is 0 Å². The predicted octanol–water partition coefficient (Wildman–Crippen LogP) is 3.51. The first-order valence-corrected chi connectivity index (χ1v) is 6.93. The Bertz CT molecular complexity index is 438. The lowest BCUT2D eigenvalue weighted by molar-refractivity contribution is -0.106. The van der Waals surface area contributed by atoms with Gasteiger partial charge in [-0.25, -0.2) is 0 Å². The number of hydrogen-bond acceptors (Lipinski definition) is 2. The molecule has 1 saturated carbocycles. The van der Waals surface area contributed by atoms with Crippen molar-refractivity contribution in [3.8, 4) is 0 Å². The molecule has 1 fully saturated rings. The number of ether oxygens (including phenoxy) is 1. The van der Waals surface area contributed by atoms with Crippen molar-refractivity contribution in [1.82, 2.24) is 0 Å². The first kappa shape index (κ1) is 11.8. The summed E-state index contributed by atoms with van der Waals surface area (Å²) in [5, 5.41) is 10.3. The van der Waals surface area contributed by atoms with Gasteiger partial charge < -0.3 is 9.84 Å². The van der Waals surface area contributed by atoms with E-state index >= 15 is 0 Å². The number of benzene rings is 1. The van der Waals surface area contributed by atoms with E-state index in [9.17, 15) is 5.11 Å². The number of allylic oxidation sites excluding steroid dienone is 1. The zero-order chi connectivity index (χ0) is 12.4. The summed E-state index contributed by atoms with van der Waals surface area (Å²) < 4.78 is 6.22. The van der Waals surface area contributed by atoms with Crippen molar-refractivity contribution in [3.63, 3.8) is 0 Å². The van der Waals surface area contributed by atoms with Gasteiger partial charge in [0.1, 0.15) is 11.4 Å². The zero-order valence-electron chi connectivity index (χ0n) is 10.6. The second kappa shape index (κ2) is 4.77. The smallest absolute Gasteiger partial charge is 0.135 e. The highest BCUT2D eigenvalue weighted by atomic mass is 16.5. The van der Waals surface area contributed by atoms with Crippen molar-refractivity contribution in [2.24, 2.45) is 0 Å². The highest BCUT2D eigenvalue weighted by Crippen LogP contribution is 2.42. The Kier molecular flexibility index (Phi) is 3.13. The van der Waals surface area contributed by atoms with Gasteiger partial charge in [0.2, 0.25) is 0 Å². The Morgan fingerprint density at radius 1 is 1.11 bits per heavy atom. The van der Waals surface area contributed by atoms with Crippen LogP contribution in [0.1, 0.15) is 44.1 Å². The van der Waals surface area contributed by atoms with E-state index in [1.165, 1.54) is 6.42 Å². The SMILES string of the molecule is O[C@@H]1CCCC[C@]12CCC=C(c1ccccc1)O2. The molecule has 1 spiro atoms. The molecule has 1 aliphatic carbocycles. The first-order valence-electron chi connectivity index (χ1n) is 6.93. The van der Waals surface area contributed by atoms with E-state index in [0.717, 1.165) is 43.4 Å². The summed E-state index contributed by atoms with van der Waals surface area (Å²) in [6.07, 6.45) is 7.95. The normalized spacial score (nSPS) is 31.8. The Morgan fingerprint density at radius 3 is 2.72 bits per heavy atom. The number of hydrogen-bond donors (Lipinski definition) is 1. The van der Waals surface area contributed by atoms with E-state index in [1.54, 1.807) is 0 Å². The average Bonchev–Trinajstić information content (AvgIpc) is 2.44. The monoisotopic (exact) mass is 244 g/mol. The third-order valence-corrected chi connectivity index (χ3v) is 4.20. The molecule has 2 nitrogen and oxygen atoms in total. The van der Waals surface area contributed by atoms with Gasteiger partial charge in [0, 0.05) is 5.56 Å². The van der Waals surface area contributed by atoms with E-state index in [0.29, 0.717) is 0 Å². The molecule has 1 heterocycles. The van der Waals surface area contributed by atoms with Crippen molar-refractivity contribution in [2.45, 2.75) is 50.2 Å². The molecular weight excluding hydrogens is 224 g/mol. The summed E-state index contributed by atoms with van der Waals surface area (Å²) in [7, 11) is 0. The minimum atomic E-state index is -0.321. The number of aliphatic hydroxyl groups excluding tert-OH is 1. The molecule has 2 atom stereocenters. The van der Waals surface area contributed by atoms with Crippen molar-refractivity contribution < 1.29 is 9.84 Å². The van der Waals surface area contributed by atoms with Crippen molar-refractivity contribution in [2.75, 3.05) is 0 Å². The van der Waals surface area contributed by atoms with Crippen LogP contribution in [0, 0.1) is 0 Å². The summed E-state index contributed by atoms with van der Waals surface area (Å²) in [5.41, 5.74) is 0.799. The van der Waals surface area contributed by atoms with Crippen molar-refractivity contribution in [1.29, 1.82) is 0 Å². The standard InChI is InChI=1S/C16H20O2/c17-15-10-4-5-11-16(15)12-6-9-14(18-16)13-7-2-1-3-8-13/h1-3,7-9,15,17H,4-6,10-12H2/t15-,16+/m1/s1. The van der Waals surface area contributed by atoms with E-state index in [-0.39, 0.29) is 11.7 Å². The largest absolute Gasteiger partial charge is 0.484 e. The highest BCUT2D eigenvalue weighted by molar-refractivity contribution is 5.60. The minimum absolute atomic E-state index is 0.307. The Morgan fingerprint density at radius 2 is 1.94 bits per heavy atom. The number of aliphatic hydroxyl groups is 1. The van der Waals surface area contributed by atoms with Gasteiger partial charge >= 0.3 is 0 Å². The van der Waals surface area contributed by atoms with E-state index in [4.69, 9.17) is 4.74 Å². The molecule has 0 amide bonds. The third kappa shape index (κ3) is 2.05. The molecule has 2 heteroatoms. The molecule has 0 unspecified atom stereocenters. The quantitative estimate of drug-likeness (QED) is 0.819. The van der Waals surface area contributed by atoms with Crippen LogP contribution >= 0.6 is 0 Å². The molecule has 0 saturated heterocycles. The first-order chi connectivity index (χ1) is 8.80. The van der Waals surface area contributed by atoms with Gasteiger partial charge in [-0.1, -0.05) is 36.8 Å². The second-order valence-electron chi connectivity index (χ2n) is 5.40. The Balaban J connectivity index is 1.85. The van der Waals surface area contributed by atoms with Crippen LogP contribution in [0.15, 0.2) is 36.4 Å². The molecule has 0 bridgehead atoms. The van der Waals surface area contributed by atoms with E-state index < -0.39 is 0 Å². The Labute approximate surface area is 108 Å². The topological polar surface area (TPSA) is 29.5 Å². The molecule has 1 aliphatic heterocycles. The van der Waals surface area contributed by atoms with Crippen LogP contribution in [-0.4, -0.2) is 16.8 Å². The molecule has 96 valence electrons. The molecule has 1 N–H and O–H groups in total. The summed E-state index contributed by atoms with van der Waals surface area (Å²) in [5.74, 6) is 0.947. The van der Waals surface area contributed by atoms with Gasteiger partial charge in [0.15, 0.2) is 0 Å². The van der Waals surface area contributed by atoms with Crippen molar-refractivity contribution in [3.05, 3.63) is 42.0 Å². The fraction of sp³-hybridized carbons (Fsp3) is 0.500. The van der Waals surface area contributed by atoms with Crippen LogP contribution in [0.25, 0.3) is 5.76 Å². The molecule has 1 aromatic rings. The lowest BCUT2D eigenvalue weighted by atomic mass is 9.77. The van der Waals surface area contributed by atoms with Gasteiger partial charge in [-0.2, -0.15) is 0 Å². The summed E-state index contributed by atoms with van der Waals surface area (Å²) >= 11 is 0. The Hall–Kier alpha value is -1.28. The lowest BCUT2D eigenvalue weighted by Crippen LogP contribution is -2.47. The molecular formula is C16H20O2. The van der Waals surface area contributed by atoms with E-state index in [1.807, 2.05) is 18.2 Å². The predicted molar refractivity (Wildman–Crippen MR) is 71.9 cm³/mol. The van der Waals surface area contributed by atoms with Crippen LogP contribution < -0.4 is 0 Å². The van der Waals surface area contributed by atoms with Crippen LogP contribution in [0.5, 0.6) is 0 Å². The average molecular weight is 244 g/mol. The zero-order valence-corrected chi connectivity index (χ0v) is 10.6. The molecule has 18 heavy (non-hydrogen) atoms. The maximum absolute atomic E-state index is 10.3. The molecule has 0 radical (unpaired) electrons. The van der Waals surface area contributed by atoms with Crippen LogP contribution in [0.3, 0.4) is 0 Å². The molecule has 3 rings (SSSR count). The van der Waals surface area contributed by atoms with Gasteiger partial charge in [-0.05, 0) is 38.2 Å². The fourth-order valence-corrected chi connectivity index (χ4v) is 3.14. The van der Waals surface area contributed by atoms with Gasteiger partial charge in [-0.3, -0.25) is 0 Å². The summed E-state index contributed by atoms with van der Waals surface area (Å²) in [6.45, 7) is 0. The number of rotatable bonds is 1. The maximum Gasteiger partial charge on any atom is 0.135 e. The molecule has 0 aromatic heterocycles. The van der Waals surface area contributed by atoms with Crippen LogP contribution in [-0.2, 0) is 4.74 Å². The lowest BCUT2D eigenvalue weighted by Gasteiger charge is -2.44. The molecule has 1 aromatic carbocycles. The summed E-state index contributed by atoms with van der Waals surface area (Å²) in [4.78, 5) is 0. The van der Waals surface area contributed by atoms with Gasteiger partial charge in [0.25, 0.3) is 0 Å². The minimum Gasteiger partial charge on any atom is -0.484 e. The van der Waals surface area contributed by atoms with Crippen LogP contribution in [0.4, 0.5) is 0 Å².